The van der Waals surface area contributed by atoms with Gasteiger partial charge in [-0.15, -0.1) is 10.2 Å². The number of aryl methyl sites for hydroxylation is 1. The van der Waals surface area contributed by atoms with Crippen molar-refractivity contribution in [2.24, 2.45) is 5.92 Å². The molecule has 1 N–H and O–H groups in total. The molecule has 1 saturated heterocycles. The molecule has 8 nitrogen and oxygen atoms in total. The molecule has 0 spiro atoms. The molecule has 2 unspecified atom stereocenters. The molecule has 1 aliphatic carbocycles. The van der Waals surface area contributed by atoms with Gasteiger partial charge < -0.3 is 13.8 Å². The Bertz CT molecular complexity index is 762. The highest BCUT2D eigenvalue weighted by Crippen LogP contribution is 2.47. The van der Waals surface area contributed by atoms with E-state index in [1.807, 2.05) is 18.4 Å². The van der Waals surface area contributed by atoms with Crippen molar-refractivity contribution >= 4 is 11.8 Å². The number of carbonyl (C=O) groups excluding carboxylic acids is 1. The summed E-state index contributed by atoms with van der Waals surface area (Å²) in [5.41, 5.74) is 1.87. The predicted octanol–water partition coefficient (Wildman–Crippen LogP) is 2.23. The molecule has 2 aromatic rings. The Kier molecular flexibility index (Phi) is 4.29. The number of ether oxygens (including phenoxy) is 1. The second-order valence-electron chi connectivity index (χ2n) is 6.82. The Hall–Kier alpha value is -2.22. The third-order valence-electron chi connectivity index (χ3n) is 5.25. The van der Waals surface area contributed by atoms with Gasteiger partial charge in [-0.2, -0.15) is 0 Å². The van der Waals surface area contributed by atoms with Crippen LogP contribution in [0.4, 0.5) is 5.88 Å². The topological polar surface area (TPSA) is 95.1 Å². The smallest absolute Gasteiger partial charge is 0.234 e. The first-order chi connectivity index (χ1) is 12.2. The van der Waals surface area contributed by atoms with E-state index in [4.69, 9.17) is 9.26 Å². The number of aromatic nitrogens is 4. The second kappa shape index (κ2) is 6.59. The van der Waals surface area contributed by atoms with Gasteiger partial charge in [0.25, 0.3) is 0 Å². The fourth-order valence-corrected chi connectivity index (χ4v) is 3.59. The van der Waals surface area contributed by atoms with Crippen LogP contribution in [-0.4, -0.2) is 39.0 Å². The van der Waals surface area contributed by atoms with Gasteiger partial charge in [-0.25, -0.2) is 0 Å². The molecule has 2 aromatic heterocycles. The van der Waals surface area contributed by atoms with Gasteiger partial charge in [-0.05, 0) is 33.1 Å². The number of nitrogens with zero attached hydrogens (tertiary/aromatic N) is 4. The minimum absolute atomic E-state index is 0.0339. The number of hydrogen-bond acceptors (Lipinski definition) is 6. The molecule has 3 heterocycles. The lowest BCUT2D eigenvalue weighted by molar-refractivity contribution is -0.117. The van der Waals surface area contributed by atoms with E-state index in [-0.39, 0.29) is 17.7 Å². The van der Waals surface area contributed by atoms with E-state index in [2.05, 4.69) is 20.7 Å². The van der Waals surface area contributed by atoms with Crippen LogP contribution in [0.15, 0.2) is 10.9 Å². The van der Waals surface area contributed by atoms with Crippen LogP contribution in [0.25, 0.3) is 0 Å². The average molecular weight is 345 g/mol. The summed E-state index contributed by atoms with van der Waals surface area (Å²) in [7, 11) is 0. The van der Waals surface area contributed by atoms with Gasteiger partial charge in [0.1, 0.15) is 12.2 Å². The Labute approximate surface area is 145 Å². The standard InChI is InChI=1S/C17H23N5O3/c1-3-22-9-18-20-15(22)12-8-13(12)16(23)19-17-10(2)14(21-25-17)11-4-6-24-7-5-11/h9,11-13H,3-8H2,1-2H3,(H,19,23). The summed E-state index contributed by atoms with van der Waals surface area (Å²) in [6.07, 6.45) is 4.39. The third-order valence-corrected chi connectivity index (χ3v) is 5.25. The van der Waals surface area contributed by atoms with Crippen molar-refractivity contribution < 1.29 is 14.1 Å². The lowest BCUT2D eigenvalue weighted by atomic mass is 9.94. The SMILES string of the molecule is CCn1cnnc1C1CC1C(=O)Nc1onc(C2CCOCC2)c1C. The van der Waals surface area contributed by atoms with Crippen molar-refractivity contribution in [3.8, 4) is 0 Å². The van der Waals surface area contributed by atoms with Gasteiger partial charge in [0.15, 0.2) is 0 Å². The quantitative estimate of drug-likeness (QED) is 0.893. The zero-order chi connectivity index (χ0) is 17.4. The Morgan fingerprint density at radius 1 is 1.40 bits per heavy atom. The van der Waals surface area contributed by atoms with Crippen LogP contribution in [0.3, 0.4) is 0 Å². The number of anilines is 1. The second-order valence-corrected chi connectivity index (χ2v) is 6.82. The van der Waals surface area contributed by atoms with Crippen LogP contribution in [0, 0.1) is 12.8 Å². The van der Waals surface area contributed by atoms with Crippen molar-refractivity contribution in [2.45, 2.75) is 51.5 Å². The van der Waals surface area contributed by atoms with Gasteiger partial charge in [0.05, 0.1) is 5.69 Å². The number of nitrogens with one attached hydrogen (secondary N) is 1. The number of carbonyl (C=O) groups is 1. The maximum absolute atomic E-state index is 12.5. The first-order valence-corrected chi connectivity index (χ1v) is 8.91. The highest BCUT2D eigenvalue weighted by atomic mass is 16.5. The van der Waals surface area contributed by atoms with E-state index in [9.17, 15) is 4.79 Å². The summed E-state index contributed by atoms with van der Waals surface area (Å²) in [6, 6.07) is 0. The molecule has 2 fully saturated rings. The molecule has 25 heavy (non-hydrogen) atoms. The van der Waals surface area contributed by atoms with E-state index in [1.54, 1.807) is 6.33 Å². The maximum atomic E-state index is 12.5. The van der Waals surface area contributed by atoms with Crippen LogP contribution >= 0.6 is 0 Å². The molecule has 134 valence electrons. The molecule has 0 aromatic carbocycles. The van der Waals surface area contributed by atoms with E-state index in [0.717, 1.165) is 56.1 Å². The average Bonchev–Trinajstić information content (AvgIpc) is 3.15. The summed E-state index contributed by atoms with van der Waals surface area (Å²) in [6.45, 7) is 6.30. The molecule has 8 heteroatoms. The van der Waals surface area contributed by atoms with Crippen LogP contribution < -0.4 is 5.32 Å². The molecule has 1 amide bonds. The van der Waals surface area contributed by atoms with Gasteiger partial charge in [0.2, 0.25) is 11.8 Å². The van der Waals surface area contributed by atoms with E-state index in [1.165, 1.54) is 0 Å². The highest BCUT2D eigenvalue weighted by Gasteiger charge is 2.47. The van der Waals surface area contributed by atoms with Gasteiger partial charge in [0, 0.05) is 43.1 Å². The molecule has 0 radical (unpaired) electrons. The van der Waals surface area contributed by atoms with Crippen molar-refractivity contribution in [1.29, 1.82) is 0 Å². The van der Waals surface area contributed by atoms with Crippen molar-refractivity contribution in [2.75, 3.05) is 18.5 Å². The molecule has 1 aliphatic heterocycles. The summed E-state index contributed by atoms with van der Waals surface area (Å²) < 4.78 is 12.8. The third kappa shape index (κ3) is 3.06. The Balaban J connectivity index is 1.41. The van der Waals surface area contributed by atoms with E-state index < -0.39 is 0 Å². The van der Waals surface area contributed by atoms with E-state index >= 15 is 0 Å². The molecular formula is C17H23N5O3. The molecule has 2 atom stereocenters. The largest absolute Gasteiger partial charge is 0.381 e. The van der Waals surface area contributed by atoms with Crippen molar-refractivity contribution in [3.05, 3.63) is 23.4 Å². The first kappa shape index (κ1) is 16.3. The summed E-state index contributed by atoms with van der Waals surface area (Å²) >= 11 is 0. The summed E-state index contributed by atoms with van der Waals surface area (Å²) in [4.78, 5) is 12.5. The van der Waals surface area contributed by atoms with Crippen molar-refractivity contribution in [1.82, 2.24) is 19.9 Å². The molecule has 2 aliphatic rings. The van der Waals surface area contributed by atoms with Gasteiger partial charge in [-0.1, -0.05) is 5.16 Å². The monoisotopic (exact) mass is 345 g/mol. The van der Waals surface area contributed by atoms with Crippen LogP contribution in [0.1, 0.15) is 55.1 Å². The lowest BCUT2D eigenvalue weighted by Gasteiger charge is -2.20. The normalized spacial score (nSPS) is 23.6. The molecule has 4 rings (SSSR count). The van der Waals surface area contributed by atoms with Gasteiger partial charge >= 0.3 is 0 Å². The fourth-order valence-electron chi connectivity index (χ4n) is 3.59. The number of amides is 1. The zero-order valence-electron chi connectivity index (χ0n) is 14.6. The van der Waals surface area contributed by atoms with E-state index in [0.29, 0.717) is 11.8 Å². The minimum Gasteiger partial charge on any atom is -0.381 e. The molecule has 0 bridgehead atoms. The highest BCUT2D eigenvalue weighted by molar-refractivity contribution is 5.94. The van der Waals surface area contributed by atoms with Crippen molar-refractivity contribution in [3.63, 3.8) is 0 Å². The summed E-state index contributed by atoms with van der Waals surface area (Å²) in [5.74, 6) is 1.73. The summed E-state index contributed by atoms with van der Waals surface area (Å²) in [5, 5.41) is 15.2. The fraction of sp³-hybridized carbons (Fsp3) is 0.647. The lowest BCUT2D eigenvalue weighted by Crippen LogP contribution is -2.16. The molecule has 1 saturated carbocycles. The number of hydrogen-bond donors (Lipinski definition) is 1. The van der Waals surface area contributed by atoms with Crippen LogP contribution in [-0.2, 0) is 16.1 Å². The maximum Gasteiger partial charge on any atom is 0.234 e. The van der Waals surface area contributed by atoms with Crippen LogP contribution in [0.2, 0.25) is 0 Å². The number of rotatable bonds is 5. The van der Waals surface area contributed by atoms with Gasteiger partial charge in [-0.3, -0.25) is 10.1 Å². The minimum atomic E-state index is -0.0782. The Morgan fingerprint density at radius 3 is 2.96 bits per heavy atom. The predicted molar refractivity (Wildman–Crippen MR) is 89.2 cm³/mol. The zero-order valence-corrected chi connectivity index (χ0v) is 14.6. The van der Waals surface area contributed by atoms with Crippen LogP contribution in [0.5, 0.6) is 0 Å². The molecular weight excluding hydrogens is 322 g/mol. The first-order valence-electron chi connectivity index (χ1n) is 8.91. The Morgan fingerprint density at radius 2 is 2.20 bits per heavy atom.